The van der Waals surface area contributed by atoms with Crippen LogP contribution in [0.15, 0.2) is 5.16 Å². The molecule has 4 nitrogen and oxygen atoms in total. The number of hydrogen-bond acceptors (Lipinski definition) is 3. The van der Waals surface area contributed by atoms with Gasteiger partial charge in [0.15, 0.2) is 5.84 Å². The molecule has 1 fully saturated rings. The lowest BCUT2D eigenvalue weighted by Crippen LogP contribution is -2.47. The van der Waals surface area contributed by atoms with Gasteiger partial charge < -0.3 is 16.3 Å². The van der Waals surface area contributed by atoms with Crippen LogP contribution in [0.4, 0.5) is 0 Å². The van der Waals surface area contributed by atoms with Crippen LogP contribution in [-0.2, 0) is 0 Å². The standard InChI is InChI=1S/C11H23N3O/c1-3-10(11(12)14-15)13-8(2)9-6-4-5-7-9/h8-10,13,15H,3-7H2,1-2H3,(H2,12,14)/t8-,10?/m1/s1. The van der Waals surface area contributed by atoms with E-state index in [1.165, 1.54) is 25.7 Å². The molecule has 1 aliphatic rings. The van der Waals surface area contributed by atoms with Crippen molar-refractivity contribution < 1.29 is 5.21 Å². The second kappa shape index (κ2) is 5.95. The number of amidine groups is 1. The molecule has 4 heteroatoms. The molecule has 0 aromatic heterocycles. The Morgan fingerprint density at radius 2 is 2.13 bits per heavy atom. The summed E-state index contributed by atoms with van der Waals surface area (Å²) in [6.45, 7) is 4.24. The zero-order valence-electron chi connectivity index (χ0n) is 9.74. The summed E-state index contributed by atoms with van der Waals surface area (Å²) in [4.78, 5) is 0. The lowest BCUT2D eigenvalue weighted by Gasteiger charge is -2.25. The van der Waals surface area contributed by atoms with E-state index < -0.39 is 0 Å². The number of hydrogen-bond donors (Lipinski definition) is 3. The molecule has 1 unspecified atom stereocenters. The molecule has 0 aromatic carbocycles. The number of nitrogens with zero attached hydrogens (tertiary/aromatic N) is 1. The van der Waals surface area contributed by atoms with Crippen LogP contribution >= 0.6 is 0 Å². The molecule has 0 spiro atoms. The predicted molar refractivity (Wildman–Crippen MR) is 62.0 cm³/mol. The largest absolute Gasteiger partial charge is 0.409 e. The molecule has 0 amide bonds. The highest BCUT2D eigenvalue weighted by Gasteiger charge is 2.24. The monoisotopic (exact) mass is 213 g/mol. The third-order valence-electron chi connectivity index (χ3n) is 3.45. The lowest BCUT2D eigenvalue weighted by molar-refractivity contribution is 0.309. The second-order valence-electron chi connectivity index (χ2n) is 4.49. The third-order valence-corrected chi connectivity index (χ3v) is 3.45. The fourth-order valence-electron chi connectivity index (χ4n) is 2.39. The molecule has 1 rings (SSSR count). The molecule has 0 aliphatic heterocycles. The van der Waals surface area contributed by atoms with Gasteiger partial charge in [0.25, 0.3) is 0 Å². The summed E-state index contributed by atoms with van der Waals surface area (Å²) in [5.41, 5.74) is 5.61. The summed E-state index contributed by atoms with van der Waals surface area (Å²) in [6.07, 6.45) is 6.16. The molecule has 0 heterocycles. The maximum Gasteiger partial charge on any atom is 0.156 e. The van der Waals surface area contributed by atoms with E-state index in [-0.39, 0.29) is 6.04 Å². The molecule has 4 N–H and O–H groups in total. The number of rotatable bonds is 5. The first-order valence-electron chi connectivity index (χ1n) is 5.92. The van der Waals surface area contributed by atoms with Gasteiger partial charge in [0.1, 0.15) is 0 Å². The van der Waals surface area contributed by atoms with Gasteiger partial charge in [0, 0.05) is 6.04 Å². The molecule has 0 radical (unpaired) electrons. The van der Waals surface area contributed by atoms with Crippen molar-refractivity contribution >= 4 is 5.84 Å². The van der Waals surface area contributed by atoms with E-state index >= 15 is 0 Å². The van der Waals surface area contributed by atoms with Gasteiger partial charge in [-0.25, -0.2) is 0 Å². The van der Waals surface area contributed by atoms with Crippen LogP contribution in [0.1, 0.15) is 46.0 Å². The number of nitrogens with two attached hydrogens (primary N) is 1. The molecule has 1 saturated carbocycles. The highest BCUT2D eigenvalue weighted by Crippen LogP contribution is 2.27. The minimum Gasteiger partial charge on any atom is -0.409 e. The molecule has 15 heavy (non-hydrogen) atoms. The lowest BCUT2D eigenvalue weighted by atomic mass is 9.98. The van der Waals surface area contributed by atoms with Gasteiger partial charge in [0.2, 0.25) is 0 Å². The number of oxime groups is 1. The molecule has 0 aromatic rings. The van der Waals surface area contributed by atoms with Crippen molar-refractivity contribution in [2.45, 2.75) is 58.0 Å². The highest BCUT2D eigenvalue weighted by molar-refractivity contribution is 5.85. The summed E-state index contributed by atoms with van der Waals surface area (Å²) < 4.78 is 0. The molecular formula is C11H23N3O. The zero-order valence-corrected chi connectivity index (χ0v) is 9.74. The molecular weight excluding hydrogens is 190 g/mol. The van der Waals surface area contributed by atoms with Gasteiger partial charge in [-0.1, -0.05) is 24.9 Å². The first-order valence-corrected chi connectivity index (χ1v) is 5.92. The highest BCUT2D eigenvalue weighted by atomic mass is 16.4. The van der Waals surface area contributed by atoms with Crippen LogP contribution in [0.3, 0.4) is 0 Å². The van der Waals surface area contributed by atoms with E-state index in [1.807, 2.05) is 6.92 Å². The van der Waals surface area contributed by atoms with Crippen molar-refractivity contribution in [3.8, 4) is 0 Å². The van der Waals surface area contributed by atoms with Crippen LogP contribution in [-0.4, -0.2) is 23.1 Å². The Kier molecular flexibility index (Phi) is 4.88. The Labute approximate surface area is 91.9 Å². The van der Waals surface area contributed by atoms with E-state index in [1.54, 1.807) is 0 Å². The van der Waals surface area contributed by atoms with E-state index in [0.717, 1.165) is 12.3 Å². The first kappa shape index (κ1) is 12.3. The van der Waals surface area contributed by atoms with Crippen LogP contribution in [0.5, 0.6) is 0 Å². The maximum atomic E-state index is 8.64. The van der Waals surface area contributed by atoms with E-state index in [9.17, 15) is 0 Å². The van der Waals surface area contributed by atoms with Crippen molar-refractivity contribution in [1.82, 2.24) is 5.32 Å². The molecule has 0 bridgehead atoms. The van der Waals surface area contributed by atoms with Crippen LogP contribution in [0, 0.1) is 5.92 Å². The van der Waals surface area contributed by atoms with Crippen LogP contribution in [0.25, 0.3) is 0 Å². The van der Waals surface area contributed by atoms with Crippen molar-refractivity contribution in [2.75, 3.05) is 0 Å². The van der Waals surface area contributed by atoms with Gasteiger partial charge in [0.05, 0.1) is 6.04 Å². The fraction of sp³-hybridized carbons (Fsp3) is 0.909. The summed E-state index contributed by atoms with van der Waals surface area (Å²) in [5, 5.41) is 15.2. The van der Waals surface area contributed by atoms with Gasteiger partial charge in [-0.2, -0.15) is 0 Å². The van der Waals surface area contributed by atoms with Crippen molar-refractivity contribution in [2.24, 2.45) is 16.8 Å². The van der Waals surface area contributed by atoms with Crippen molar-refractivity contribution in [3.63, 3.8) is 0 Å². The quantitative estimate of drug-likeness (QED) is 0.281. The summed E-state index contributed by atoms with van der Waals surface area (Å²) in [5.74, 6) is 1.05. The Morgan fingerprint density at radius 1 is 1.53 bits per heavy atom. The van der Waals surface area contributed by atoms with Gasteiger partial charge in [-0.15, -0.1) is 0 Å². The Balaban J connectivity index is 2.43. The first-order chi connectivity index (χ1) is 7.19. The smallest absolute Gasteiger partial charge is 0.156 e. The maximum absolute atomic E-state index is 8.64. The average Bonchev–Trinajstić information content (AvgIpc) is 2.77. The minimum absolute atomic E-state index is 0.00519. The van der Waals surface area contributed by atoms with Gasteiger partial charge in [-0.3, -0.25) is 0 Å². The zero-order chi connectivity index (χ0) is 11.3. The topological polar surface area (TPSA) is 70.6 Å². The predicted octanol–water partition coefficient (Wildman–Crippen LogP) is 1.68. The average molecular weight is 213 g/mol. The van der Waals surface area contributed by atoms with Crippen molar-refractivity contribution in [1.29, 1.82) is 0 Å². The SMILES string of the molecule is CCC(N[C@H](C)C1CCCC1)C(N)=NO. The van der Waals surface area contributed by atoms with E-state index in [4.69, 9.17) is 10.9 Å². The second-order valence-corrected chi connectivity index (χ2v) is 4.49. The van der Waals surface area contributed by atoms with Crippen molar-refractivity contribution in [3.05, 3.63) is 0 Å². The molecule has 1 aliphatic carbocycles. The summed E-state index contributed by atoms with van der Waals surface area (Å²) >= 11 is 0. The summed E-state index contributed by atoms with van der Waals surface area (Å²) in [7, 11) is 0. The minimum atomic E-state index is 0.00519. The van der Waals surface area contributed by atoms with Crippen LogP contribution < -0.4 is 11.1 Å². The van der Waals surface area contributed by atoms with Gasteiger partial charge in [-0.05, 0) is 32.1 Å². The van der Waals surface area contributed by atoms with Gasteiger partial charge >= 0.3 is 0 Å². The third kappa shape index (κ3) is 3.38. The summed E-state index contributed by atoms with van der Waals surface area (Å²) in [6, 6.07) is 0.461. The Morgan fingerprint density at radius 3 is 2.60 bits per heavy atom. The van der Waals surface area contributed by atoms with Crippen LogP contribution in [0.2, 0.25) is 0 Å². The molecule has 88 valence electrons. The van der Waals surface area contributed by atoms with E-state index in [2.05, 4.69) is 17.4 Å². The normalized spacial score (nSPS) is 22.9. The number of nitrogens with one attached hydrogen (secondary N) is 1. The fourth-order valence-corrected chi connectivity index (χ4v) is 2.39. The molecule has 0 saturated heterocycles. The molecule has 2 atom stereocenters. The van der Waals surface area contributed by atoms with E-state index in [0.29, 0.717) is 11.9 Å². The Hall–Kier alpha value is -0.770. The Bertz CT molecular complexity index is 212.